The number of alkyl halides is 2. The van der Waals surface area contributed by atoms with Gasteiger partial charge >= 0.3 is 0 Å². The molecule has 1 aromatic rings. The van der Waals surface area contributed by atoms with Gasteiger partial charge in [0.25, 0.3) is 11.8 Å². The van der Waals surface area contributed by atoms with E-state index in [0.717, 1.165) is 24.6 Å². The Hall–Kier alpha value is -2.72. The number of allylic oxidation sites excluding steroid dienone is 1. The molecule has 3 aliphatic rings. The third-order valence-corrected chi connectivity index (χ3v) is 7.77. The van der Waals surface area contributed by atoms with Crippen molar-refractivity contribution in [2.24, 2.45) is 10.7 Å². The van der Waals surface area contributed by atoms with Crippen molar-refractivity contribution >= 4 is 29.1 Å². The molecule has 4 rings (SSSR count). The van der Waals surface area contributed by atoms with Crippen LogP contribution in [0.15, 0.2) is 34.5 Å². The van der Waals surface area contributed by atoms with Gasteiger partial charge in [-0.3, -0.25) is 14.6 Å². The quantitative estimate of drug-likeness (QED) is 0.518. The highest BCUT2D eigenvalue weighted by Crippen LogP contribution is 2.38. The van der Waals surface area contributed by atoms with Crippen molar-refractivity contribution in [2.45, 2.75) is 77.1 Å². The molecule has 2 N–H and O–H groups in total. The molecule has 2 heterocycles. The number of hydrogen-bond donors (Lipinski definition) is 1. The lowest BCUT2D eigenvalue weighted by molar-refractivity contribution is -0.139. The first kappa shape index (κ1) is 29.3. The summed E-state index contributed by atoms with van der Waals surface area (Å²) >= 11 is 6.18. The Morgan fingerprint density at radius 1 is 1.15 bits per heavy atom. The van der Waals surface area contributed by atoms with E-state index in [1.807, 2.05) is 13.8 Å². The van der Waals surface area contributed by atoms with Crippen molar-refractivity contribution in [3.05, 3.63) is 40.1 Å². The lowest BCUT2D eigenvalue weighted by atomic mass is 10.1. The van der Waals surface area contributed by atoms with Crippen LogP contribution in [0.25, 0.3) is 0 Å². The fourth-order valence-corrected chi connectivity index (χ4v) is 5.78. The van der Waals surface area contributed by atoms with Gasteiger partial charge in [0.15, 0.2) is 0 Å². The van der Waals surface area contributed by atoms with Crippen LogP contribution in [-0.2, 0) is 20.2 Å². The number of benzene rings is 1. The van der Waals surface area contributed by atoms with Crippen molar-refractivity contribution in [1.29, 1.82) is 0 Å². The lowest BCUT2D eigenvalue weighted by Gasteiger charge is -2.35. The molecule has 0 bridgehead atoms. The largest absolute Gasteiger partial charge is 0.489 e. The number of carbonyl (C=O) groups is 2. The predicted octanol–water partition coefficient (Wildman–Crippen LogP) is 4.30. The topological polar surface area (TPSA) is 97.5 Å². The van der Waals surface area contributed by atoms with E-state index in [4.69, 9.17) is 26.8 Å². The van der Waals surface area contributed by atoms with Crippen molar-refractivity contribution in [3.8, 4) is 5.75 Å². The molecular formula is C28H37ClF2N4O4. The molecule has 2 amide bonds. The fourth-order valence-electron chi connectivity index (χ4n) is 5.44. The highest BCUT2D eigenvalue weighted by atomic mass is 35.5. The molecule has 3 fully saturated rings. The summed E-state index contributed by atoms with van der Waals surface area (Å²) in [5, 5.41) is -0.0878. The molecule has 0 spiro atoms. The van der Waals surface area contributed by atoms with E-state index in [2.05, 4.69) is 4.99 Å². The van der Waals surface area contributed by atoms with E-state index in [-0.39, 0.29) is 58.7 Å². The van der Waals surface area contributed by atoms with Gasteiger partial charge < -0.3 is 25.0 Å². The first-order chi connectivity index (χ1) is 18.4. The van der Waals surface area contributed by atoms with Gasteiger partial charge in [-0.2, -0.15) is 0 Å². The Bertz CT molecular complexity index is 1130. The van der Waals surface area contributed by atoms with Crippen LogP contribution in [0.2, 0.25) is 5.02 Å². The Morgan fingerprint density at radius 3 is 2.46 bits per heavy atom. The lowest BCUT2D eigenvalue weighted by Crippen LogP contribution is -2.49. The molecule has 39 heavy (non-hydrogen) atoms. The summed E-state index contributed by atoms with van der Waals surface area (Å²) < 4.78 is 39.2. The number of amides is 2. The molecule has 2 unspecified atom stereocenters. The molecule has 0 radical (unpaired) electrons. The highest BCUT2D eigenvalue weighted by molar-refractivity contribution is 6.32. The third-order valence-electron chi connectivity index (χ3n) is 7.38. The summed E-state index contributed by atoms with van der Waals surface area (Å²) in [5.74, 6) is -3.16. The maximum absolute atomic E-state index is 13.8. The molecule has 2 saturated heterocycles. The predicted molar refractivity (Wildman–Crippen MR) is 145 cm³/mol. The van der Waals surface area contributed by atoms with Crippen molar-refractivity contribution < 1.29 is 27.8 Å². The number of aliphatic imine (C=N–C) groups is 1. The summed E-state index contributed by atoms with van der Waals surface area (Å²) in [5.41, 5.74) is 7.71. The van der Waals surface area contributed by atoms with Gasteiger partial charge in [-0.05, 0) is 39.2 Å². The minimum absolute atomic E-state index is 0.0170. The van der Waals surface area contributed by atoms with Crippen LogP contribution in [0.5, 0.6) is 5.75 Å². The second-order valence-corrected chi connectivity index (χ2v) is 11.1. The van der Waals surface area contributed by atoms with Crippen molar-refractivity contribution in [1.82, 2.24) is 9.80 Å². The van der Waals surface area contributed by atoms with Gasteiger partial charge in [0.05, 0.1) is 17.2 Å². The Balaban J connectivity index is 1.32. The van der Waals surface area contributed by atoms with Crippen LogP contribution in [0.3, 0.4) is 0 Å². The van der Waals surface area contributed by atoms with Gasteiger partial charge in [0.2, 0.25) is 5.91 Å². The first-order valence-corrected chi connectivity index (χ1v) is 13.9. The van der Waals surface area contributed by atoms with Crippen LogP contribution in [0, 0.1) is 0 Å². The number of ether oxygens (including phenoxy) is 2. The van der Waals surface area contributed by atoms with E-state index >= 15 is 0 Å². The summed E-state index contributed by atoms with van der Waals surface area (Å²) in [6.07, 6.45) is 2.94. The summed E-state index contributed by atoms with van der Waals surface area (Å²) in [6, 6.07) is 4.37. The Labute approximate surface area is 233 Å². The summed E-state index contributed by atoms with van der Waals surface area (Å²) in [4.78, 5) is 34.0. The number of carbonyl (C=O) groups excluding carboxylic acids is 2. The molecule has 2 atom stereocenters. The van der Waals surface area contributed by atoms with E-state index in [0.29, 0.717) is 51.9 Å². The highest BCUT2D eigenvalue weighted by Gasteiger charge is 2.32. The van der Waals surface area contributed by atoms with Gasteiger partial charge in [-0.1, -0.05) is 23.7 Å². The van der Waals surface area contributed by atoms with E-state index in [9.17, 15) is 18.4 Å². The van der Waals surface area contributed by atoms with Crippen molar-refractivity contribution in [3.63, 3.8) is 0 Å². The number of nitrogens with two attached hydrogens (primary N) is 1. The maximum Gasteiger partial charge on any atom is 0.272 e. The zero-order valence-corrected chi connectivity index (χ0v) is 23.5. The van der Waals surface area contributed by atoms with Crippen LogP contribution in [-0.4, -0.2) is 78.4 Å². The van der Waals surface area contributed by atoms with Crippen molar-refractivity contribution in [2.75, 3.05) is 32.7 Å². The molecule has 214 valence electrons. The van der Waals surface area contributed by atoms with Gasteiger partial charge in [-0.25, -0.2) is 8.78 Å². The minimum Gasteiger partial charge on any atom is -0.489 e. The number of morpholine rings is 1. The zero-order chi connectivity index (χ0) is 28.3. The molecule has 11 heteroatoms. The van der Waals surface area contributed by atoms with Crippen LogP contribution >= 0.6 is 11.6 Å². The Morgan fingerprint density at radius 2 is 1.82 bits per heavy atom. The van der Waals surface area contributed by atoms with E-state index in [1.165, 1.54) is 12.1 Å². The standard InChI is InChI=1S/C28H37ClF2N4O4/c1-17-15-35(16-18(2)38-17)27(37)26(32)20-6-4-8-22(20)33-14-24(36)34-12-10-19(11-13-34)39-23-9-5-7-21(25(23)29)28(3,30)31/h5,7,9,17-19H,4,6,8,10-16,32H2,1-3H3/b26-20-,33-22?. The van der Waals surface area contributed by atoms with Gasteiger partial charge in [0, 0.05) is 62.8 Å². The van der Waals surface area contributed by atoms with Crippen LogP contribution in [0.1, 0.15) is 58.4 Å². The summed E-state index contributed by atoms with van der Waals surface area (Å²) in [7, 11) is 0. The zero-order valence-electron chi connectivity index (χ0n) is 22.7. The third kappa shape index (κ3) is 7.08. The molecule has 2 aliphatic heterocycles. The van der Waals surface area contributed by atoms with Crippen LogP contribution in [0.4, 0.5) is 8.78 Å². The number of nitrogens with zero attached hydrogens (tertiary/aromatic N) is 3. The SMILES string of the molecule is CC1CN(C(=O)/C(N)=C2\CCCC2=NCC(=O)N2CCC(Oc3cccc(C(C)(F)F)c3Cl)CC2)CC(C)O1. The number of hydrogen-bond acceptors (Lipinski definition) is 6. The monoisotopic (exact) mass is 566 g/mol. The Kier molecular flexibility index (Phi) is 9.16. The number of rotatable bonds is 6. The fraction of sp³-hybridized carbons (Fsp3) is 0.607. The number of likely N-dealkylation sites (tertiary alicyclic amines) is 1. The normalized spacial score (nSPS) is 25.2. The average molecular weight is 567 g/mol. The molecule has 1 saturated carbocycles. The van der Waals surface area contributed by atoms with Gasteiger partial charge in [-0.15, -0.1) is 0 Å². The molecule has 8 nitrogen and oxygen atoms in total. The second-order valence-electron chi connectivity index (χ2n) is 10.7. The molecule has 1 aromatic carbocycles. The average Bonchev–Trinajstić information content (AvgIpc) is 3.35. The molecule has 1 aliphatic carbocycles. The van der Waals surface area contributed by atoms with Crippen LogP contribution < -0.4 is 10.5 Å². The van der Waals surface area contributed by atoms with E-state index < -0.39 is 5.92 Å². The minimum atomic E-state index is -3.07. The first-order valence-electron chi connectivity index (χ1n) is 13.5. The molecular weight excluding hydrogens is 530 g/mol. The number of halogens is 3. The smallest absolute Gasteiger partial charge is 0.272 e. The maximum atomic E-state index is 13.8. The number of piperidine rings is 1. The molecule has 0 aromatic heterocycles. The van der Waals surface area contributed by atoms with E-state index in [1.54, 1.807) is 15.9 Å². The summed E-state index contributed by atoms with van der Waals surface area (Å²) in [6.45, 7) is 6.56. The van der Waals surface area contributed by atoms with Gasteiger partial charge in [0.1, 0.15) is 24.1 Å². The second kappa shape index (κ2) is 12.2.